The molecule has 0 spiro atoms. The second-order valence-electron chi connectivity index (χ2n) is 3.94. The number of aldehydes is 1. The average molecular weight is 241 g/mol. The highest BCUT2D eigenvalue weighted by atomic mass is 16.5. The molecule has 0 unspecified atom stereocenters. The Morgan fingerprint density at radius 3 is 2.61 bits per heavy atom. The van der Waals surface area contributed by atoms with Crippen molar-refractivity contribution in [3.05, 3.63) is 59.7 Å². The van der Waals surface area contributed by atoms with Gasteiger partial charge in [0.05, 0.1) is 7.11 Å². The smallest absolute Gasteiger partial charge is 0.150 e. The van der Waals surface area contributed by atoms with Gasteiger partial charge >= 0.3 is 0 Å². The molecule has 0 bridgehead atoms. The fourth-order valence-electron chi connectivity index (χ4n) is 1.67. The second-order valence-corrected chi connectivity index (χ2v) is 3.94. The third-order valence-corrected chi connectivity index (χ3v) is 2.68. The summed E-state index contributed by atoms with van der Waals surface area (Å²) in [5, 5.41) is 3.27. The second kappa shape index (κ2) is 5.87. The molecule has 2 aromatic carbocycles. The molecular weight excluding hydrogens is 226 g/mol. The van der Waals surface area contributed by atoms with Gasteiger partial charge in [-0.15, -0.1) is 0 Å². The van der Waals surface area contributed by atoms with Gasteiger partial charge in [0.25, 0.3) is 0 Å². The van der Waals surface area contributed by atoms with Crippen LogP contribution in [0.5, 0.6) is 5.75 Å². The summed E-state index contributed by atoms with van der Waals surface area (Å²) in [6.45, 7) is 0.715. The van der Waals surface area contributed by atoms with E-state index in [1.165, 1.54) is 0 Å². The van der Waals surface area contributed by atoms with Gasteiger partial charge in [0.2, 0.25) is 0 Å². The third-order valence-electron chi connectivity index (χ3n) is 2.68. The predicted octanol–water partition coefficient (Wildman–Crippen LogP) is 3.12. The first-order valence-electron chi connectivity index (χ1n) is 5.74. The first-order chi connectivity index (χ1) is 8.81. The summed E-state index contributed by atoms with van der Waals surface area (Å²) in [5.74, 6) is 0.849. The summed E-state index contributed by atoms with van der Waals surface area (Å²) >= 11 is 0. The minimum absolute atomic E-state index is 0.676. The molecule has 2 rings (SSSR count). The molecule has 0 aromatic heterocycles. The first kappa shape index (κ1) is 12.2. The van der Waals surface area contributed by atoms with E-state index in [1.54, 1.807) is 13.2 Å². The number of anilines is 1. The standard InChI is InChI=1S/C15H15NO2/c1-18-15-7-5-12(6-8-15)10-16-14-4-2-3-13(9-14)11-17/h2-9,11,16H,10H2,1H3. The van der Waals surface area contributed by atoms with Crippen LogP contribution in [0.3, 0.4) is 0 Å². The normalized spacial score (nSPS) is 9.83. The maximum Gasteiger partial charge on any atom is 0.150 e. The molecule has 0 saturated carbocycles. The fraction of sp³-hybridized carbons (Fsp3) is 0.133. The van der Waals surface area contributed by atoms with E-state index in [0.29, 0.717) is 12.1 Å². The van der Waals surface area contributed by atoms with Crippen LogP contribution < -0.4 is 10.1 Å². The number of carbonyl (C=O) groups excluding carboxylic acids is 1. The van der Waals surface area contributed by atoms with Crippen molar-refractivity contribution in [2.45, 2.75) is 6.54 Å². The lowest BCUT2D eigenvalue weighted by molar-refractivity contribution is 0.112. The molecule has 0 aliphatic rings. The maximum absolute atomic E-state index is 10.7. The van der Waals surface area contributed by atoms with E-state index in [0.717, 1.165) is 23.3 Å². The summed E-state index contributed by atoms with van der Waals surface area (Å²) in [6.07, 6.45) is 0.846. The lowest BCUT2D eigenvalue weighted by Crippen LogP contribution is -1.99. The van der Waals surface area contributed by atoms with Crippen LogP contribution in [0.1, 0.15) is 15.9 Å². The van der Waals surface area contributed by atoms with Crippen LogP contribution in [-0.4, -0.2) is 13.4 Å². The first-order valence-corrected chi connectivity index (χ1v) is 5.74. The van der Waals surface area contributed by atoms with E-state index in [2.05, 4.69) is 5.32 Å². The number of benzene rings is 2. The summed E-state index contributed by atoms with van der Waals surface area (Å²) in [5.41, 5.74) is 2.78. The van der Waals surface area contributed by atoms with Gasteiger partial charge in [-0.25, -0.2) is 0 Å². The fourth-order valence-corrected chi connectivity index (χ4v) is 1.67. The van der Waals surface area contributed by atoms with E-state index in [9.17, 15) is 4.79 Å². The van der Waals surface area contributed by atoms with Gasteiger partial charge in [-0.3, -0.25) is 4.79 Å². The van der Waals surface area contributed by atoms with Crippen LogP contribution in [0.2, 0.25) is 0 Å². The van der Waals surface area contributed by atoms with Gasteiger partial charge < -0.3 is 10.1 Å². The largest absolute Gasteiger partial charge is 0.497 e. The molecule has 0 aliphatic carbocycles. The van der Waals surface area contributed by atoms with Gasteiger partial charge in [0.1, 0.15) is 12.0 Å². The van der Waals surface area contributed by atoms with Crippen LogP contribution in [0.15, 0.2) is 48.5 Å². The highest BCUT2D eigenvalue weighted by Gasteiger charge is 1.96. The van der Waals surface area contributed by atoms with Crippen molar-refractivity contribution < 1.29 is 9.53 Å². The van der Waals surface area contributed by atoms with Gasteiger partial charge in [-0.05, 0) is 29.8 Å². The van der Waals surface area contributed by atoms with Crippen LogP contribution in [0, 0.1) is 0 Å². The molecule has 92 valence electrons. The van der Waals surface area contributed by atoms with E-state index < -0.39 is 0 Å². The molecule has 18 heavy (non-hydrogen) atoms. The van der Waals surface area contributed by atoms with E-state index in [4.69, 9.17) is 4.74 Å². The molecule has 3 heteroatoms. The van der Waals surface area contributed by atoms with Crippen LogP contribution in [0.25, 0.3) is 0 Å². The van der Waals surface area contributed by atoms with Crippen molar-refractivity contribution in [2.75, 3.05) is 12.4 Å². The highest BCUT2D eigenvalue weighted by molar-refractivity contribution is 5.76. The van der Waals surface area contributed by atoms with Gasteiger partial charge in [0.15, 0.2) is 0 Å². The quantitative estimate of drug-likeness (QED) is 0.817. The Bertz CT molecular complexity index is 520. The number of nitrogens with one attached hydrogen (secondary N) is 1. The Balaban J connectivity index is 1.99. The molecule has 0 radical (unpaired) electrons. The van der Waals surface area contributed by atoms with Gasteiger partial charge in [0, 0.05) is 17.8 Å². The summed E-state index contributed by atoms with van der Waals surface area (Å²) in [6, 6.07) is 15.3. The van der Waals surface area contributed by atoms with E-state index in [1.807, 2.05) is 42.5 Å². The minimum atomic E-state index is 0.676. The number of hydrogen-bond donors (Lipinski definition) is 1. The zero-order valence-electron chi connectivity index (χ0n) is 10.2. The van der Waals surface area contributed by atoms with Crippen molar-refractivity contribution in [2.24, 2.45) is 0 Å². The predicted molar refractivity (Wildman–Crippen MR) is 72.2 cm³/mol. The molecule has 0 amide bonds. The molecule has 2 aromatic rings. The molecule has 0 fully saturated rings. The Morgan fingerprint density at radius 2 is 1.94 bits per heavy atom. The van der Waals surface area contributed by atoms with Gasteiger partial charge in [-0.1, -0.05) is 24.3 Å². The molecule has 1 N–H and O–H groups in total. The summed E-state index contributed by atoms with van der Waals surface area (Å²) in [4.78, 5) is 10.7. The van der Waals surface area contributed by atoms with E-state index >= 15 is 0 Å². The third kappa shape index (κ3) is 3.10. The lowest BCUT2D eigenvalue weighted by Gasteiger charge is -2.07. The molecule has 0 saturated heterocycles. The van der Waals surface area contributed by atoms with Gasteiger partial charge in [-0.2, -0.15) is 0 Å². The zero-order valence-corrected chi connectivity index (χ0v) is 10.2. The van der Waals surface area contributed by atoms with E-state index in [-0.39, 0.29) is 0 Å². The van der Waals surface area contributed by atoms with Crippen molar-refractivity contribution in [3.63, 3.8) is 0 Å². The zero-order chi connectivity index (χ0) is 12.8. The molecule has 0 aliphatic heterocycles. The Labute approximate surface area is 106 Å². The number of methoxy groups -OCH3 is 1. The number of hydrogen-bond acceptors (Lipinski definition) is 3. The summed E-state index contributed by atoms with van der Waals surface area (Å²) < 4.78 is 5.10. The molecule has 0 heterocycles. The van der Waals surface area contributed by atoms with Crippen LogP contribution in [-0.2, 0) is 6.54 Å². The topological polar surface area (TPSA) is 38.3 Å². The average Bonchev–Trinajstić information content (AvgIpc) is 2.46. The number of rotatable bonds is 5. The van der Waals surface area contributed by atoms with Crippen molar-refractivity contribution in [1.29, 1.82) is 0 Å². The van der Waals surface area contributed by atoms with Crippen LogP contribution >= 0.6 is 0 Å². The molecular formula is C15H15NO2. The summed E-state index contributed by atoms with van der Waals surface area (Å²) in [7, 11) is 1.65. The minimum Gasteiger partial charge on any atom is -0.497 e. The SMILES string of the molecule is COc1ccc(CNc2cccc(C=O)c2)cc1. The van der Waals surface area contributed by atoms with Crippen molar-refractivity contribution in [3.8, 4) is 5.75 Å². The highest BCUT2D eigenvalue weighted by Crippen LogP contribution is 2.14. The molecule has 3 nitrogen and oxygen atoms in total. The Hall–Kier alpha value is -2.29. The van der Waals surface area contributed by atoms with Crippen molar-refractivity contribution in [1.82, 2.24) is 0 Å². The Kier molecular flexibility index (Phi) is 3.97. The van der Waals surface area contributed by atoms with Crippen LogP contribution in [0.4, 0.5) is 5.69 Å². The monoisotopic (exact) mass is 241 g/mol. The Morgan fingerprint density at radius 1 is 1.17 bits per heavy atom. The number of ether oxygens (including phenoxy) is 1. The lowest BCUT2D eigenvalue weighted by atomic mass is 10.2. The molecule has 0 atom stereocenters. The van der Waals surface area contributed by atoms with Crippen molar-refractivity contribution >= 4 is 12.0 Å². The number of carbonyl (C=O) groups is 1. The maximum atomic E-state index is 10.7.